The standard InChI is InChI=1S/C25H36ClN3O6/c1-6-14-34-22(32)27-20(16-30)21(31)28(5)25(15-18-8-10-19(26)11-9-18)12-7-13-29(17-25)23(33)35-24(2,3)4/h6,8-11,20,30H,1,7,12-17H2,2-5H3,(H,27,32)/t20?,25-/m1/s1. The van der Waals surface area contributed by atoms with Crippen LogP contribution in [-0.2, 0) is 20.7 Å². The van der Waals surface area contributed by atoms with E-state index in [1.165, 1.54) is 11.0 Å². The molecule has 35 heavy (non-hydrogen) atoms. The number of carbonyl (C=O) groups is 3. The maximum atomic E-state index is 13.5. The van der Waals surface area contributed by atoms with E-state index in [1.807, 2.05) is 12.1 Å². The quantitative estimate of drug-likeness (QED) is 0.520. The molecule has 1 aliphatic rings. The Morgan fingerprint density at radius 2 is 1.97 bits per heavy atom. The van der Waals surface area contributed by atoms with Gasteiger partial charge in [-0.05, 0) is 57.7 Å². The summed E-state index contributed by atoms with van der Waals surface area (Å²) >= 11 is 6.05. The minimum Gasteiger partial charge on any atom is -0.445 e. The van der Waals surface area contributed by atoms with Gasteiger partial charge >= 0.3 is 12.2 Å². The molecule has 1 unspecified atom stereocenters. The number of amides is 3. The van der Waals surface area contributed by atoms with E-state index in [0.29, 0.717) is 30.8 Å². The van der Waals surface area contributed by atoms with E-state index in [2.05, 4.69) is 11.9 Å². The molecule has 1 fully saturated rings. The predicted octanol–water partition coefficient (Wildman–Crippen LogP) is 3.38. The first-order valence-corrected chi connectivity index (χ1v) is 11.9. The number of aliphatic hydroxyl groups excluding tert-OH is 1. The molecule has 0 saturated carbocycles. The van der Waals surface area contributed by atoms with Crippen LogP contribution in [0.2, 0.25) is 5.02 Å². The van der Waals surface area contributed by atoms with Crippen LogP contribution in [0.3, 0.4) is 0 Å². The lowest BCUT2D eigenvalue weighted by Crippen LogP contribution is -2.64. The highest BCUT2D eigenvalue weighted by Crippen LogP contribution is 2.32. The summed E-state index contributed by atoms with van der Waals surface area (Å²) in [4.78, 5) is 41.5. The fourth-order valence-electron chi connectivity index (χ4n) is 4.09. The van der Waals surface area contributed by atoms with Gasteiger partial charge in [0.2, 0.25) is 5.91 Å². The monoisotopic (exact) mass is 509 g/mol. The zero-order valence-corrected chi connectivity index (χ0v) is 21.6. The van der Waals surface area contributed by atoms with Gasteiger partial charge < -0.3 is 29.7 Å². The molecule has 0 spiro atoms. The van der Waals surface area contributed by atoms with Crippen LogP contribution in [0.25, 0.3) is 0 Å². The van der Waals surface area contributed by atoms with E-state index in [-0.39, 0.29) is 13.2 Å². The minimum atomic E-state index is -1.21. The third kappa shape index (κ3) is 8.14. The molecule has 1 aliphatic heterocycles. The van der Waals surface area contributed by atoms with E-state index >= 15 is 0 Å². The van der Waals surface area contributed by atoms with Gasteiger partial charge in [-0.15, -0.1) is 0 Å². The SMILES string of the molecule is C=CCOC(=O)NC(CO)C(=O)N(C)[C@@]1(Cc2ccc(Cl)cc2)CCCN(C(=O)OC(C)(C)C)C1. The Bertz CT molecular complexity index is 901. The largest absolute Gasteiger partial charge is 0.445 e. The Kier molecular flexibility index (Phi) is 9.97. The average Bonchev–Trinajstić information content (AvgIpc) is 2.80. The number of likely N-dealkylation sites (tertiary alicyclic amines) is 1. The Morgan fingerprint density at radius 1 is 1.31 bits per heavy atom. The fourth-order valence-corrected chi connectivity index (χ4v) is 4.21. The third-order valence-electron chi connectivity index (χ3n) is 5.80. The van der Waals surface area contributed by atoms with Gasteiger partial charge in [-0.3, -0.25) is 4.79 Å². The van der Waals surface area contributed by atoms with Gasteiger partial charge in [0.05, 0.1) is 12.1 Å². The van der Waals surface area contributed by atoms with Crippen LogP contribution in [0.4, 0.5) is 9.59 Å². The molecule has 10 heteroatoms. The second-order valence-electron chi connectivity index (χ2n) is 9.70. The molecule has 0 aromatic heterocycles. The van der Waals surface area contributed by atoms with E-state index < -0.39 is 41.9 Å². The second kappa shape index (κ2) is 12.3. The first kappa shape index (κ1) is 28.5. The average molecular weight is 510 g/mol. The lowest BCUT2D eigenvalue weighted by molar-refractivity contribution is -0.141. The van der Waals surface area contributed by atoms with Crippen LogP contribution in [0.5, 0.6) is 0 Å². The number of nitrogens with one attached hydrogen (secondary N) is 1. The van der Waals surface area contributed by atoms with Crippen molar-refractivity contribution in [2.75, 3.05) is 33.4 Å². The maximum Gasteiger partial charge on any atom is 0.410 e. The highest BCUT2D eigenvalue weighted by molar-refractivity contribution is 6.30. The van der Waals surface area contributed by atoms with Crippen molar-refractivity contribution in [2.24, 2.45) is 0 Å². The zero-order valence-electron chi connectivity index (χ0n) is 20.9. The van der Waals surface area contributed by atoms with E-state index in [1.54, 1.807) is 44.9 Å². The first-order chi connectivity index (χ1) is 16.4. The number of piperidine rings is 1. The van der Waals surface area contributed by atoms with Gasteiger partial charge in [-0.2, -0.15) is 0 Å². The number of carbonyl (C=O) groups excluding carboxylic acids is 3. The molecule has 0 aliphatic carbocycles. The topological polar surface area (TPSA) is 108 Å². The highest BCUT2D eigenvalue weighted by atomic mass is 35.5. The summed E-state index contributed by atoms with van der Waals surface area (Å²) in [5.41, 5.74) is -0.536. The van der Waals surface area contributed by atoms with Crippen molar-refractivity contribution < 1.29 is 29.0 Å². The Hall–Kier alpha value is -2.78. The van der Waals surface area contributed by atoms with Crippen molar-refractivity contribution in [1.29, 1.82) is 0 Å². The van der Waals surface area contributed by atoms with Gasteiger partial charge in [0.1, 0.15) is 18.2 Å². The van der Waals surface area contributed by atoms with Crippen molar-refractivity contribution in [1.82, 2.24) is 15.1 Å². The molecule has 1 saturated heterocycles. The number of rotatable bonds is 8. The van der Waals surface area contributed by atoms with Crippen molar-refractivity contribution in [2.45, 2.75) is 57.2 Å². The molecule has 1 aromatic carbocycles. The van der Waals surface area contributed by atoms with Crippen molar-refractivity contribution in [3.8, 4) is 0 Å². The summed E-state index contributed by atoms with van der Waals surface area (Å²) in [6, 6.07) is 6.09. The number of hydrogen-bond acceptors (Lipinski definition) is 6. The molecule has 0 bridgehead atoms. The fraction of sp³-hybridized carbons (Fsp3) is 0.560. The summed E-state index contributed by atoms with van der Waals surface area (Å²) in [5.74, 6) is -0.497. The van der Waals surface area contributed by atoms with E-state index in [0.717, 1.165) is 5.56 Å². The maximum absolute atomic E-state index is 13.5. The van der Waals surface area contributed by atoms with Gasteiger partial charge in [-0.1, -0.05) is 36.4 Å². The van der Waals surface area contributed by atoms with Crippen LogP contribution in [0.1, 0.15) is 39.2 Å². The number of halogens is 1. The van der Waals surface area contributed by atoms with Crippen LogP contribution in [0, 0.1) is 0 Å². The molecule has 9 nitrogen and oxygen atoms in total. The normalized spacial score (nSPS) is 18.9. The number of hydrogen-bond donors (Lipinski definition) is 2. The van der Waals surface area contributed by atoms with Crippen molar-refractivity contribution in [3.63, 3.8) is 0 Å². The van der Waals surface area contributed by atoms with Crippen LogP contribution in [0.15, 0.2) is 36.9 Å². The molecular weight excluding hydrogens is 474 g/mol. The molecule has 2 atom stereocenters. The lowest BCUT2D eigenvalue weighted by Gasteiger charge is -2.49. The molecule has 2 N–H and O–H groups in total. The van der Waals surface area contributed by atoms with Gasteiger partial charge in [-0.25, -0.2) is 9.59 Å². The number of aliphatic hydroxyl groups is 1. The van der Waals surface area contributed by atoms with Crippen molar-refractivity contribution >= 4 is 29.7 Å². The third-order valence-corrected chi connectivity index (χ3v) is 6.05. The first-order valence-electron chi connectivity index (χ1n) is 11.6. The molecule has 3 amide bonds. The molecule has 1 aromatic rings. The highest BCUT2D eigenvalue weighted by Gasteiger charge is 2.45. The molecule has 0 radical (unpaired) electrons. The van der Waals surface area contributed by atoms with Crippen molar-refractivity contribution in [3.05, 3.63) is 47.5 Å². The summed E-state index contributed by atoms with van der Waals surface area (Å²) in [7, 11) is 1.62. The number of alkyl carbamates (subject to hydrolysis) is 1. The number of benzene rings is 1. The van der Waals surface area contributed by atoms with Crippen LogP contribution >= 0.6 is 11.6 Å². The Balaban J connectivity index is 2.34. The number of nitrogens with zero attached hydrogens (tertiary/aromatic N) is 2. The molecule has 194 valence electrons. The van der Waals surface area contributed by atoms with Crippen LogP contribution < -0.4 is 5.32 Å². The summed E-state index contributed by atoms with van der Waals surface area (Å²) < 4.78 is 10.5. The van der Waals surface area contributed by atoms with Gasteiger partial charge in [0, 0.05) is 25.2 Å². The van der Waals surface area contributed by atoms with Gasteiger partial charge in [0.25, 0.3) is 0 Å². The molecule has 1 heterocycles. The lowest BCUT2D eigenvalue weighted by atomic mass is 9.81. The zero-order chi connectivity index (χ0) is 26.2. The Labute approximate surface area is 212 Å². The summed E-state index contributed by atoms with van der Waals surface area (Å²) in [6.07, 6.45) is 1.79. The smallest absolute Gasteiger partial charge is 0.410 e. The van der Waals surface area contributed by atoms with E-state index in [9.17, 15) is 19.5 Å². The second-order valence-corrected chi connectivity index (χ2v) is 10.1. The number of ether oxygens (including phenoxy) is 2. The molecule has 2 rings (SSSR count). The summed E-state index contributed by atoms with van der Waals surface area (Å²) in [6.45, 7) is 8.96. The summed E-state index contributed by atoms with van der Waals surface area (Å²) in [5, 5.41) is 12.8. The minimum absolute atomic E-state index is 0.0284. The van der Waals surface area contributed by atoms with E-state index in [4.69, 9.17) is 21.1 Å². The van der Waals surface area contributed by atoms with Gasteiger partial charge in [0.15, 0.2) is 0 Å². The Morgan fingerprint density at radius 3 is 2.54 bits per heavy atom. The van der Waals surface area contributed by atoms with Crippen LogP contribution in [-0.4, -0.2) is 83.5 Å². The molecular formula is C25H36ClN3O6. The predicted molar refractivity (Wildman–Crippen MR) is 133 cm³/mol. The number of likely N-dealkylation sites (N-methyl/N-ethyl adjacent to an activating group) is 1.